The number of thioether (sulfide) groups is 1. The van der Waals surface area contributed by atoms with E-state index in [0.29, 0.717) is 11.3 Å². The van der Waals surface area contributed by atoms with Crippen LogP contribution in [0.5, 0.6) is 5.75 Å². The fourth-order valence-electron chi connectivity index (χ4n) is 3.15. The zero-order valence-electron chi connectivity index (χ0n) is 18.0. The van der Waals surface area contributed by atoms with Crippen molar-refractivity contribution in [3.63, 3.8) is 0 Å². The number of nitro benzene ring substituents is 1. The molecule has 1 heterocycles. The maximum atomic E-state index is 12.4. The molecule has 3 amide bonds. The molecule has 0 atom stereocenters. The normalized spacial score (nSPS) is 14.2. The molecule has 172 valence electrons. The van der Waals surface area contributed by atoms with E-state index in [1.807, 2.05) is 19.9 Å². The molecule has 33 heavy (non-hydrogen) atoms. The van der Waals surface area contributed by atoms with Gasteiger partial charge in [-0.1, -0.05) is 6.07 Å². The van der Waals surface area contributed by atoms with Gasteiger partial charge in [0, 0.05) is 48.2 Å². The molecule has 11 heteroatoms. The van der Waals surface area contributed by atoms with E-state index in [9.17, 15) is 24.5 Å². The zero-order valence-corrected chi connectivity index (χ0v) is 18.8. The van der Waals surface area contributed by atoms with Gasteiger partial charge in [0.05, 0.1) is 9.83 Å². The number of non-ortho nitro benzene ring substituents is 1. The van der Waals surface area contributed by atoms with Crippen LogP contribution < -0.4 is 20.3 Å². The topological polar surface area (TPSA) is 131 Å². The highest BCUT2D eigenvalue weighted by atomic mass is 32.2. The summed E-state index contributed by atoms with van der Waals surface area (Å²) in [6.07, 6.45) is 1.53. The highest BCUT2D eigenvalue weighted by Crippen LogP contribution is 2.32. The van der Waals surface area contributed by atoms with Crippen LogP contribution >= 0.6 is 11.8 Å². The average molecular weight is 471 g/mol. The van der Waals surface area contributed by atoms with Gasteiger partial charge in [-0.3, -0.25) is 29.8 Å². The van der Waals surface area contributed by atoms with Crippen LogP contribution in [0.1, 0.15) is 19.4 Å². The second-order valence-electron chi connectivity index (χ2n) is 6.89. The van der Waals surface area contributed by atoms with Crippen molar-refractivity contribution in [1.29, 1.82) is 0 Å². The van der Waals surface area contributed by atoms with Crippen molar-refractivity contribution >= 4 is 52.0 Å². The van der Waals surface area contributed by atoms with Crippen LogP contribution in [0, 0.1) is 10.1 Å². The molecule has 1 fully saturated rings. The Morgan fingerprint density at radius 2 is 1.97 bits per heavy atom. The maximum absolute atomic E-state index is 12.4. The van der Waals surface area contributed by atoms with Crippen LogP contribution in [0.3, 0.4) is 0 Å². The van der Waals surface area contributed by atoms with Crippen LogP contribution in [0.15, 0.2) is 47.4 Å². The van der Waals surface area contributed by atoms with Gasteiger partial charge in [-0.25, -0.2) is 0 Å². The molecule has 2 aromatic rings. The van der Waals surface area contributed by atoms with Crippen molar-refractivity contribution in [2.75, 3.05) is 29.9 Å². The van der Waals surface area contributed by atoms with Gasteiger partial charge in [0.15, 0.2) is 6.61 Å². The van der Waals surface area contributed by atoms with Gasteiger partial charge in [0.25, 0.3) is 22.7 Å². The van der Waals surface area contributed by atoms with Gasteiger partial charge < -0.3 is 15.0 Å². The summed E-state index contributed by atoms with van der Waals surface area (Å²) < 4.78 is 5.76. The highest BCUT2D eigenvalue weighted by Gasteiger charge is 2.25. The summed E-state index contributed by atoms with van der Waals surface area (Å²) in [4.78, 5) is 48.5. The molecule has 1 aliphatic rings. The maximum Gasteiger partial charge on any atom is 0.290 e. The lowest BCUT2D eigenvalue weighted by molar-refractivity contribution is -0.384. The van der Waals surface area contributed by atoms with Crippen LogP contribution in [0.4, 0.5) is 21.9 Å². The SMILES string of the molecule is CCN(CC)c1ccc(/C=C2\SC(=O)NC2=O)c(OCC(=O)Nc2cccc([N+](=O)[O-])c2)c1. The first-order valence-corrected chi connectivity index (χ1v) is 10.9. The Morgan fingerprint density at radius 1 is 1.21 bits per heavy atom. The molecule has 1 saturated heterocycles. The smallest absolute Gasteiger partial charge is 0.290 e. The number of ether oxygens (including phenoxy) is 1. The lowest BCUT2D eigenvalue weighted by atomic mass is 10.1. The number of hydrogen-bond acceptors (Lipinski definition) is 8. The summed E-state index contributed by atoms with van der Waals surface area (Å²) in [5.41, 5.74) is 1.53. The molecule has 2 N–H and O–H groups in total. The van der Waals surface area contributed by atoms with Crippen molar-refractivity contribution in [2.45, 2.75) is 13.8 Å². The Kier molecular flexibility index (Phi) is 7.67. The molecular weight excluding hydrogens is 448 g/mol. The number of carbonyl (C=O) groups is 3. The van der Waals surface area contributed by atoms with E-state index in [-0.39, 0.29) is 22.9 Å². The van der Waals surface area contributed by atoms with Crippen molar-refractivity contribution in [3.8, 4) is 5.75 Å². The predicted molar refractivity (Wildman–Crippen MR) is 126 cm³/mol. The predicted octanol–water partition coefficient (Wildman–Crippen LogP) is 3.78. The Hall–Kier alpha value is -3.86. The number of benzene rings is 2. The number of amides is 3. The highest BCUT2D eigenvalue weighted by molar-refractivity contribution is 8.18. The van der Waals surface area contributed by atoms with Crippen LogP contribution in [-0.4, -0.2) is 41.7 Å². The van der Waals surface area contributed by atoms with Crippen LogP contribution in [0.25, 0.3) is 6.08 Å². The molecule has 0 aliphatic carbocycles. The molecule has 0 unspecified atom stereocenters. The van der Waals surface area contributed by atoms with Crippen molar-refractivity contribution in [3.05, 3.63) is 63.0 Å². The molecule has 0 saturated carbocycles. The van der Waals surface area contributed by atoms with E-state index in [1.54, 1.807) is 12.1 Å². The number of imide groups is 1. The largest absolute Gasteiger partial charge is 0.483 e. The minimum atomic E-state index is -0.549. The van der Waals surface area contributed by atoms with Crippen molar-refractivity contribution in [1.82, 2.24) is 5.32 Å². The van der Waals surface area contributed by atoms with E-state index < -0.39 is 22.0 Å². The fourth-order valence-corrected chi connectivity index (χ4v) is 3.83. The van der Waals surface area contributed by atoms with Crippen molar-refractivity contribution in [2.24, 2.45) is 0 Å². The molecule has 0 spiro atoms. The monoisotopic (exact) mass is 470 g/mol. The summed E-state index contributed by atoms with van der Waals surface area (Å²) in [6, 6.07) is 11.0. The number of rotatable bonds is 9. The molecule has 1 aliphatic heterocycles. The molecule has 3 rings (SSSR count). The van der Waals surface area contributed by atoms with Crippen LogP contribution in [-0.2, 0) is 9.59 Å². The van der Waals surface area contributed by atoms with E-state index in [0.717, 1.165) is 30.5 Å². The van der Waals surface area contributed by atoms with Crippen LogP contribution in [0.2, 0.25) is 0 Å². The number of nitrogens with one attached hydrogen (secondary N) is 2. The van der Waals surface area contributed by atoms with Crippen molar-refractivity contribution < 1.29 is 24.0 Å². The van der Waals surface area contributed by atoms with E-state index >= 15 is 0 Å². The Morgan fingerprint density at radius 3 is 2.61 bits per heavy atom. The molecule has 10 nitrogen and oxygen atoms in total. The second-order valence-corrected chi connectivity index (χ2v) is 7.91. The summed E-state index contributed by atoms with van der Waals surface area (Å²) in [5, 5.41) is 15.2. The van der Waals surface area contributed by atoms with Gasteiger partial charge in [-0.15, -0.1) is 0 Å². The first-order chi connectivity index (χ1) is 15.8. The number of carbonyl (C=O) groups excluding carboxylic acids is 3. The third-order valence-electron chi connectivity index (χ3n) is 4.75. The molecule has 0 bridgehead atoms. The second kappa shape index (κ2) is 10.6. The quantitative estimate of drug-likeness (QED) is 0.322. The number of hydrogen-bond donors (Lipinski definition) is 2. The molecule has 0 radical (unpaired) electrons. The van der Waals surface area contributed by atoms with E-state index in [4.69, 9.17) is 4.74 Å². The minimum Gasteiger partial charge on any atom is -0.483 e. The summed E-state index contributed by atoms with van der Waals surface area (Å²) >= 11 is 0.788. The number of nitrogens with zero attached hydrogens (tertiary/aromatic N) is 2. The number of anilines is 2. The molecule has 0 aromatic heterocycles. The average Bonchev–Trinajstić information content (AvgIpc) is 3.11. The minimum absolute atomic E-state index is 0.142. The first kappa shape index (κ1) is 23.8. The molecule has 2 aromatic carbocycles. The third-order valence-corrected chi connectivity index (χ3v) is 5.56. The standard InChI is InChI=1S/C22H22N4O6S/c1-3-25(4-2)16-9-8-14(10-19-21(28)24-22(29)33-19)18(12-16)32-13-20(27)23-15-6-5-7-17(11-15)26(30)31/h5-12H,3-4,13H2,1-2H3,(H,23,27)(H,24,28,29)/b19-10-. The summed E-state index contributed by atoms with van der Waals surface area (Å²) in [5.74, 6) is -0.647. The Balaban J connectivity index is 1.81. The fraction of sp³-hybridized carbons (Fsp3) is 0.227. The summed E-state index contributed by atoms with van der Waals surface area (Å²) in [7, 11) is 0. The third kappa shape index (κ3) is 6.10. The Bertz CT molecular complexity index is 1130. The molecular formula is C22H22N4O6S. The van der Waals surface area contributed by atoms with Gasteiger partial charge in [0.1, 0.15) is 5.75 Å². The zero-order chi connectivity index (χ0) is 24.0. The van der Waals surface area contributed by atoms with Gasteiger partial charge >= 0.3 is 0 Å². The lowest BCUT2D eigenvalue weighted by Crippen LogP contribution is -2.22. The number of nitro groups is 1. The Labute approximate surface area is 194 Å². The van der Waals surface area contributed by atoms with E-state index in [2.05, 4.69) is 15.5 Å². The summed E-state index contributed by atoms with van der Waals surface area (Å²) in [6.45, 7) is 5.18. The van der Waals surface area contributed by atoms with Gasteiger partial charge in [0.2, 0.25) is 0 Å². The van der Waals surface area contributed by atoms with Gasteiger partial charge in [-0.05, 0) is 49.9 Å². The lowest BCUT2D eigenvalue weighted by Gasteiger charge is -2.22. The van der Waals surface area contributed by atoms with E-state index in [1.165, 1.54) is 30.3 Å². The first-order valence-electron chi connectivity index (χ1n) is 10.1. The van der Waals surface area contributed by atoms with Gasteiger partial charge in [-0.2, -0.15) is 0 Å².